The maximum Gasteiger partial charge on any atom is 0.141 e. The van der Waals surface area contributed by atoms with E-state index in [4.69, 9.17) is 20.6 Å². The summed E-state index contributed by atoms with van der Waals surface area (Å²) >= 11 is 0. The minimum atomic E-state index is 0.573. The summed E-state index contributed by atoms with van der Waals surface area (Å²) in [5.41, 5.74) is 0.593. The van der Waals surface area contributed by atoms with Crippen LogP contribution in [0.15, 0.2) is 12.1 Å². The molecule has 1 aromatic rings. The maximum absolute atomic E-state index is 5.34. The molecule has 0 unspecified atom stereocenters. The van der Waals surface area contributed by atoms with Crippen molar-refractivity contribution in [3.63, 3.8) is 0 Å². The zero-order valence-electron chi connectivity index (χ0n) is 8.46. The number of hydrogen-bond donors (Lipinski definition) is 0. The van der Waals surface area contributed by atoms with E-state index in [1.54, 1.807) is 33.5 Å². The first-order valence-electron chi connectivity index (χ1n) is 4.03. The molecule has 0 aliphatic rings. The van der Waals surface area contributed by atoms with Gasteiger partial charge in [-0.25, -0.2) is 0 Å². The summed E-state index contributed by atoms with van der Waals surface area (Å²) in [5, 5.41) is 0. The Morgan fingerprint density at radius 3 is 1.79 bits per heavy atom. The summed E-state index contributed by atoms with van der Waals surface area (Å²) in [6.45, 7) is 0. The van der Waals surface area contributed by atoms with E-state index in [-0.39, 0.29) is 0 Å². The number of methoxy groups -OCH3 is 3. The fourth-order valence-electron chi connectivity index (χ4n) is 1.15. The highest BCUT2D eigenvalue weighted by molar-refractivity contribution is 5.58. The Morgan fingerprint density at radius 2 is 1.50 bits per heavy atom. The van der Waals surface area contributed by atoms with Crippen LogP contribution in [0.25, 0.3) is 0 Å². The number of terminal acetylenes is 1. The Kier molecular flexibility index (Phi) is 3.24. The summed E-state index contributed by atoms with van der Waals surface area (Å²) in [6.07, 6.45) is 5.34. The van der Waals surface area contributed by atoms with Crippen LogP contribution < -0.4 is 14.2 Å². The third-order valence-electron chi connectivity index (χ3n) is 1.86. The topological polar surface area (TPSA) is 27.7 Å². The molecule has 0 amide bonds. The minimum Gasteiger partial charge on any atom is -0.496 e. The average molecular weight is 192 g/mol. The fourth-order valence-corrected chi connectivity index (χ4v) is 1.15. The third kappa shape index (κ3) is 1.74. The Hall–Kier alpha value is -1.82. The van der Waals surface area contributed by atoms with Crippen molar-refractivity contribution in [2.75, 3.05) is 21.3 Å². The van der Waals surface area contributed by atoms with Crippen molar-refractivity contribution in [3.05, 3.63) is 17.7 Å². The first-order chi connectivity index (χ1) is 6.76. The molecule has 74 valence electrons. The van der Waals surface area contributed by atoms with Gasteiger partial charge in [0, 0.05) is 12.1 Å². The van der Waals surface area contributed by atoms with Crippen LogP contribution in [0.3, 0.4) is 0 Å². The van der Waals surface area contributed by atoms with Crippen molar-refractivity contribution in [2.24, 2.45) is 0 Å². The van der Waals surface area contributed by atoms with Crippen molar-refractivity contribution >= 4 is 0 Å². The Balaban J connectivity index is 3.34. The van der Waals surface area contributed by atoms with Crippen LogP contribution in [0.4, 0.5) is 0 Å². The molecule has 1 rings (SSSR count). The second-order valence-corrected chi connectivity index (χ2v) is 2.55. The van der Waals surface area contributed by atoms with E-state index in [9.17, 15) is 0 Å². The molecule has 0 atom stereocenters. The second-order valence-electron chi connectivity index (χ2n) is 2.55. The monoisotopic (exact) mass is 192 g/mol. The van der Waals surface area contributed by atoms with E-state index < -0.39 is 0 Å². The number of ether oxygens (including phenoxy) is 3. The summed E-state index contributed by atoms with van der Waals surface area (Å²) in [4.78, 5) is 0. The van der Waals surface area contributed by atoms with E-state index in [0.717, 1.165) is 0 Å². The molecule has 0 saturated carbocycles. The summed E-state index contributed by atoms with van der Waals surface area (Å²) in [6, 6.07) is 3.44. The van der Waals surface area contributed by atoms with Crippen molar-refractivity contribution in [1.82, 2.24) is 0 Å². The van der Waals surface area contributed by atoms with Gasteiger partial charge in [0.15, 0.2) is 0 Å². The van der Waals surface area contributed by atoms with Crippen molar-refractivity contribution < 1.29 is 14.2 Å². The van der Waals surface area contributed by atoms with E-state index in [1.807, 2.05) is 0 Å². The molecule has 14 heavy (non-hydrogen) atoms. The highest BCUT2D eigenvalue weighted by atomic mass is 16.5. The summed E-state index contributed by atoms with van der Waals surface area (Å²) in [7, 11) is 4.67. The van der Waals surface area contributed by atoms with Crippen LogP contribution in [0, 0.1) is 12.3 Å². The Labute approximate surface area is 83.6 Å². The van der Waals surface area contributed by atoms with Gasteiger partial charge < -0.3 is 14.2 Å². The quantitative estimate of drug-likeness (QED) is 0.682. The molecule has 0 N–H and O–H groups in total. The lowest BCUT2D eigenvalue weighted by Gasteiger charge is -2.10. The maximum atomic E-state index is 5.34. The van der Waals surface area contributed by atoms with E-state index in [1.165, 1.54) is 0 Å². The normalized spacial score (nSPS) is 9.00. The minimum absolute atomic E-state index is 0.573. The van der Waals surface area contributed by atoms with Gasteiger partial charge in [0.2, 0.25) is 0 Å². The number of hydrogen-bond acceptors (Lipinski definition) is 3. The molecule has 0 radical (unpaired) electrons. The van der Waals surface area contributed by atoms with Gasteiger partial charge in [0.05, 0.1) is 21.3 Å². The number of benzene rings is 1. The van der Waals surface area contributed by atoms with Gasteiger partial charge in [-0.1, -0.05) is 5.92 Å². The first-order valence-corrected chi connectivity index (χ1v) is 4.03. The zero-order chi connectivity index (χ0) is 10.6. The van der Waals surface area contributed by atoms with Crippen LogP contribution in [0.5, 0.6) is 17.2 Å². The summed E-state index contributed by atoms with van der Waals surface area (Å²) in [5.74, 6) is 4.31. The lowest BCUT2D eigenvalue weighted by Crippen LogP contribution is -1.95. The molecule has 0 aliphatic carbocycles. The largest absolute Gasteiger partial charge is 0.496 e. The van der Waals surface area contributed by atoms with Crippen LogP contribution in [0.1, 0.15) is 5.56 Å². The SMILES string of the molecule is C#Cc1c(OC)cc(OC)cc1OC. The average Bonchev–Trinajstić information content (AvgIpc) is 2.26. The van der Waals surface area contributed by atoms with Crippen molar-refractivity contribution in [1.29, 1.82) is 0 Å². The van der Waals surface area contributed by atoms with Gasteiger partial charge in [-0.05, 0) is 0 Å². The predicted octanol–water partition coefficient (Wildman–Crippen LogP) is 1.69. The van der Waals surface area contributed by atoms with E-state index in [0.29, 0.717) is 22.8 Å². The van der Waals surface area contributed by atoms with Gasteiger partial charge in [-0.2, -0.15) is 0 Å². The number of rotatable bonds is 3. The second kappa shape index (κ2) is 4.43. The van der Waals surface area contributed by atoms with E-state index >= 15 is 0 Å². The first kappa shape index (κ1) is 10.3. The molecular weight excluding hydrogens is 180 g/mol. The van der Waals surface area contributed by atoms with E-state index in [2.05, 4.69) is 5.92 Å². The molecule has 0 spiro atoms. The van der Waals surface area contributed by atoms with Gasteiger partial charge in [0.1, 0.15) is 22.8 Å². The molecule has 0 heterocycles. The lowest BCUT2D eigenvalue weighted by atomic mass is 10.1. The van der Waals surface area contributed by atoms with Crippen LogP contribution in [0.2, 0.25) is 0 Å². The van der Waals surface area contributed by atoms with Crippen LogP contribution in [-0.2, 0) is 0 Å². The van der Waals surface area contributed by atoms with Gasteiger partial charge >= 0.3 is 0 Å². The summed E-state index contributed by atoms with van der Waals surface area (Å²) < 4.78 is 15.3. The highest BCUT2D eigenvalue weighted by Gasteiger charge is 2.10. The molecule has 1 aromatic carbocycles. The van der Waals surface area contributed by atoms with Crippen molar-refractivity contribution in [3.8, 4) is 29.6 Å². The van der Waals surface area contributed by atoms with Crippen LogP contribution >= 0.6 is 0 Å². The molecule has 0 fully saturated rings. The molecule has 0 saturated heterocycles. The Morgan fingerprint density at radius 1 is 1.00 bits per heavy atom. The molecular formula is C11H12O3. The third-order valence-corrected chi connectivity index (χ3v) is 1.86. The Bertz CT molecular complexity index is 338. The molecule has 0 aromatic heterocycles. The molecule has 0 bridgehead atoms. The van der Waals surface area contributed by atoms with Gasteiger partial charge in [0.25, 0.3) is 0 Å². The smallest absolute Gasteiger partial charge is 0.141 e. The van der Waals surface area contributed by atoms with Gasteiger partial charge in [-0.3, -0.25) is 0 Å². The molecule has 3 heteroatoms. The predicted molar refractivity (Wildman–Crippen MR) is 54.0 cm³/mol. The molecule has 3 nitrogen and oxygen atoms in total. The van der Waals surface area contributed by atoms with Crippen LogP contribution in [-0.4, -0.2) is 21.3 Å². The lowest BCUT2D eigenvalue weighted by molar-refractivity contribution is 0.374. The van der Waals surface area contributed by atoms with Crippen molar-refractivity contribution in [2.45, 2.75) is 0 Å². The standard InChI is InChI=1S/C11H12O3/c1-5-9-10(13-3)6-8(12-2)7-11(9)14-4/h1,6-7H,2-4H3. The van der Waals surface area contributed by atoms with Gasteiger partial charge in [-0.15, -0.1) is 6.42 Å². The molecule has 0 aliphatic heterocycles. The zero-order valence-corrected chi connectivity index (χ0v) is 8.46. The fraction of sp³-hybridized carbons (Fsp3) is 0.273. The highest BCUT2D eigenvalue weighted by Crippen LogP contribution is 2.32.